The zero-order valence-electron chi connectivity index (χ0n) is 13.6. The highest BCUT2D eigenvalue weighted by atomic mass is 15.3. The van der Waals surface area contributed by atoms with Crippen LogP contribution in [0.25, 0.3) is 0 Å². The van der Waals surface area contributed by atoms with Crippen LogP contribution in [0.2, 0.25) is 0 Å². The van der Waals surface area contributed by atoms with Crippen molar-refractivity contribution in [3.05, 3.63) is 53.3 Å². The van der Waals surface area contributed by atoms with Crippen molar-refractivity contribution in [1.29, 1.82) is 0 Å². The SMILES string of the molecule is CC(C)CNCc1cnn(Cc2ccc(C(C)C)cc2)c1. The number of hydrogen-bond donors (Lipinski definition) is 1. The number of rotatable bonds is 7. The standard InChI is InChI=1S/C18H27N3/c1-14(2)9-19-10-17-11-20-21(13-17)12-16-5-7-18(8-6-16)15(3)4/h5-8,11,13-15,19H,9-10,12H2,1-4H3. The Morgan fingerprint density at radius 2 is 1.76 bits per heavy atom. The van der Waals surface area contributed by atoms with Crippen LogP contribution in [0, 0.1) is 5.92 Å². The van der Waals surface area contributed by atoms with Gasteiger partial charge >= 0.3 is 0 Å². The van der Waals surface area contributed by atoms with Gasteiger partial charge in [-0.05, 0) is 29.5 Å². The first-order valence-corrected chi connectivity index (χ1v) is 7.85. The molecule has 0 aliphatic heterocycles. The summed E-state index contributed by atoms with van der Waals surface area (Å²) in [4.78, 5) is 0. The summed E-state index contributed by atoms with van der Waals surface area (Å²) in [7, 11) is 0. The van der Waals surface area contributed by atoms with E-state index in [9.17, 15) is 0 Å². The Balaban J connectivity index is 1.89. The molecule has 2 aromatic rings. The molecule has 3 heteroatoms. The second-order valence-corrected chi connectivity index (χ2v) is 6.47. The summed E-state index contributed by atoms with van der Waals surface area (Å²) in [5, 5.41) is 7.89. The van der Waals surface area contributed by atoms with Gasteiger partial charge in [0, 0.05) is 18.3 Å². The molecule has 0 bridgehead atoms. The first-order valence-electron chi connectivity index (χ1n) is 7.85. The molecule has 3 nitrogen and oxygen atoms in total. The number of aromatic nitrogens is 2. The number of nitrogens with zero attached hydrogens (tertiary/aromatic N) is 2. The van der Waals surface area contributed by atoms with Crippen LogP contribution in [0.3, 0.4) is 0 Å². The smallest absolute Gasteiger partial charge is 0.0659 e. The predicted molar refractivity (Wildman–Crippen MR) is 88.4 cm³/mol. The van der Waals surface area contributed by atoms with Crippen molar-refractivity contribution in [1.82, 2.24) is 15.1 Å². The van der Waals surface area contributed by atoms with Gasteiger partial charge in [-0.3, -0.25) is 4.68 Å². The predicted octanol–water partition coefficient (Wildman–Crippen LogP) is 3.80. The molecule has 0 aliphatic rings. The molecule has 0 amide bonds. The van der Waals surface area contributed by atoms with Crippen LogP contribution in [0.4, 0.5) is 0 Å². The largest absolute Gasteiger partial charge is 0.312 e. The fourth-order valence-corrected chi connectivity index (χ4v) is 2.28. The van der Waals surface area contributed by atoms with Crippen LogP contribution < -0.4 is 5.32 Å². The Morgan fingerprint density at radius 1 is 1.05 bits per heavy atom. The van der Waals surface area contributed by atoms with Gasteiger partial charge in [-0.15, -0.1) is 0 Å². The molecule has 0 unspecified atom stereocenters. The lowest BCUT2D eigenvalue weighted by Crippen LogP contribution is -2.18. The van der Waals surface area contributed by atoms with Crippen molar-refractivity contribution in [3.63, 3.8) is 0 Å². The van der Waals surface area contributed by atoms with Gasteiger partial charge in [0.05, 0.1) is 12.7 Å². The quantitative estimate of drug-likeness (QED) is 0.838. The van der Waals surface area contributed by atoms with Crippen molar-refractivity contribution in [2.45, 2.75) is 46.7 Å². The Kier molecular flexibility index (Phi) is 5.57. The second kappa shape index (κ2) is 7.41. The maximum atomic E-state index is 4.44. The minimum absolute atomic E-state index is 0.586. The molecular formula is C18H27N3. The van der Waals surface area contributed by atoms with E-state index in [4.69, 9.17) is 0 Å². The van der Waals surface area contributed by atoms with Gasteiger partial charge in [-0.2, -0.15) is 5.10 Å². The zero-order valence-corrected chi connectivity index (χ0v) is 13.6. The van der Waals surface area contributed by atoms with Crippen molar-refractivity contribution < 1.29 is 0 Å². The zero-order chi connectivity index (χ0) is 15.2. The van der Waals surface area contributed by atoms with E-state index >= 15 is 0 Å². The maximum Gasteiger partial charge on any atom is 0.0659 e. The number of benzene rings is 1. The molecule has 0 saturated heterocycles. The van der Waals surface area contributed by atoms with E-state index in [-0.39, 0.29) is 0 Å². The third kappa shape index (κ3) is 5.01. The summed E-state index contributed by atoms with van der Waals surface area (Å²) in [6.07, 6.45) is 4.08. The van der Waals surface area contributed by atoms with E-state index in [1.807, 2.05) is 10.9 Å². The van der Waals surface area contributed by atoms with E-state index in [1.165, 1.54) is 16.7 Å². The second-order valence-electron chi connectivity index (χ2n) is 6.47. The summed E-state index contributed by atoms with van der Waals surface area (Å²) < 4.78 is 2.01. The molecule has 1 heterocycles. The van der Waals surface area contributed by atoms with Gasteiger partial charge in [0.15, 0.2) is 0 Å². The summed E-state index contributed by atoms with van der Waals surface area (Å²) in [5.74, 6) is 1.27. The lowest BCUT2D eigenvalue weighted by molar-refractivity contribution is 0.552. The fourth-order valence-electron chi connectivity index (χ4n) is 2.28. The lowest BCUT2D eigenvalue weighted by atomic mass is 10.0. The van der Waals surface area contributed by atoms with E-state index in [2.05, 4.69) is 68.6 Å². The molecule has 1 N–H and O–H groups in total. The van der Waals surface area contributed by atoms with Gasteiger partial charge in [-0.25, -0.2) is 0 Å². The van der Waals surface area contributed by atoms with Crippen LogP contribution in [0.15, 0.2) is 36.7 Å². The average molecular weight is 285 g/mol. The van der Waals surface area contributed by atoms with Crippen molar-refractivity contribution >= 4 is 0 Å². The first kappa shape index (κ1) is 15.8. The Bertz CT molecular complexity index is 538. The number of nitrogens with one attached hydrogen (secondary N) is 1. The summed E-state index contributed by atoms with van der Waals surface area (Å²) in [5.41, 5.74) is 3.93. The van der Waals surface area contributed by atoms with Crippen LogP contribution in [0.1, 0.15) is 50.3 Å². The molecule has 0 fully saturated rings. The molecule has 21 heavy (non-hydrogen) atoms. The minimum Gasteiger partial charge on any atom is -0.312 e. The molecule has 0 radical (unpaired) electrons. The van der Waals surface area contributed by atoms with Crippen molar-refractivity contribution in [2.24, 2.45) is 5.92 Å². The molecule has 0 spiro atoms. The Labute approximate surface area is 128 Å². The normalized spacial score (nSPS) is 11.5. The first-order chi connectivity index (χ1) is 10.0. The Morgan fingerprint density at radius 3 is 2.38 bits per heavy atom. The molecule has 1 aromatic carbocycles. The van der Waals surface area contributed by atoms with E-state index in [0.29, 0.717) is 11.8 Å². The topological polar surface area (TPSA) is 29.9 Å². The van der Waals surface area contributed by atoms with E-state index in [1.54, 1.807) is 0 Å². The van der Waals surface area contributed by atoms with Gasteiger partial charge in [-0.1, -0.05) is 52.0 Å². The van der Waals surface area contributed by atoms with E-state index in [0.717, 1.165) is 19.6 Å². The molecule has 0 aliphatic carbocycles. The molecule has 1 aromatic heterocycles. The van der Waals surface area contributed by atoms with Crippen LogP contribution in [-0.2, 0) is 13.1 Å². The summed E-state index contributed by atoms with van der Waals surface area (Å²) in [6.45, 7) is 11.7. The Hall–Kier alpha value is -1.61. The summed E-state index contributed by atoms with van der Waals surface area (Å²) in [6, 6.07) is 8.84. The third-order valence-corrected chi connectivity index (χ3v) is 3.56. The van der Waals surface area contributed by atoms with E-state index < -0.39 is 0 Å². The monoisotopic (exact) mass is 285 g/mol. The van der Waals surface area contributed by atoms with Gasteiger partial charge in [0.25, 0.3) is 0 Å². The summed E-state index contributed by atoms with van der Waals surface area (Å²) >= 11 is 0. The molecule has 2 rings (SSSR count). The average Bonchev–Trinajstić information content (AvgIpc) is 2.86. The third-order valence-electron chi connectivity index (χ3n) is 3.56. The van der Waals surface area contributed by atoms with Crippen LogP contribution >= 0.6 is 0 Å². The lowest BCUT2D eigenvalue weighted by Gasteiger charge is -2.07. The fraction of sp³-hybridized carbons (Fsp3) is 0.500. The molecule has 0 atom stereocenters. The van der Waals surface area contributed by atoms with Crippen molar-refractivity contribution in [2.75, 3.05) is 6.54 Å². The number of hydrogen-bond acceptors (Lipinski definition) is 2. The highest BCUT2D eigenvalue weighted by Gasteiger charge is 2.02. The highest BCUT2D eigenvalue weighted by molar-refractivity contribution is 5.24. The van der Waals surface area contributed by atoms with Gasteiger partial charge in [0.1, 0.15) is 0 Å². The van der Waals surface area contributed by atoms with Crippen LogP contribution in [0.5, 0.6) is 0 Å². The van der Waals surface area contributed by atoms with Crippen LogP contribution in [-0.4, -0.2) is 16.3 Å². The minimum atomic E-state index is 0.586. The van der Waals surface area contributed by atoms with Gasteiger partial charge < -0.3 is 5.32 Å². The molecule has 0 saturated carbocycles. The highest BCUT2D eigenvalue weighted by Crippen LogP contribution is 2.15. The van der Waals surface area contributed by atoms with Gasteiger partial charge in [0.2, 0.25) is 0 Å². The molecule has 114 valence electrons. The maximum absolute atomic E-state index is 4.44. The van der Waals surface area contributed by atoms with Crippen molar-refractivity contribution in [3.8, 4) is 0 Å². The molecular weight excluding hydrogens is 258 g/mol.